The first-order valence-electron chi connectivity index (χ1n) is 7.55. The summed E-state index contributed by atoms with van der Waals surface area (Å²) < 4.78 is 0. The largest absolute Gasteiger partial charge is 0.354 e. The van der Waals surface area contributed by atoms with Gasteiger partial charge in [0.2, 0.25) is 0 Å². The maximum Gasteiger partial charge on any atom is 0.128 e. The molecule has 1 atom stereocenters. The second-order valence-corrected chi connectivity index (χ2v) is 6.61. The van der Waals surface area contributed by atoms with Gasteiger partial charge in [0.15, 0.2) is 0 Å². The first kappa shape index (κ1) is 15.3. The second-order valence-electron chi connectivity index (χ2n) is 6.61. The van der Waals surface area contributed by atoms with Crippen LogP contribution in [0.1, 0.15) is 39.3 Å². The average Bonchev–Trinajstić information content (AvgIpc) is 2.46. The molecule has 1 aromatic heterocycles. The molecule has 2 rings (SSSR count). The van der Waals surface area contributed by atoms with Crippen molar-refractivity contribution in [2.24, 2.45) is 0 Å². The van der Waals surface area contributed by atoms with E-state index in [2.05, 4.69) is 59.9 Å². The third-order valence-electron chi connectivity index (χ3n) is 4.26. The summed E-state index contributed by atoms with van der Waals surface area (Å²) >= 11 is 0. The van der Waals surface area contributed by atoms with Crippen molar-refractivity contribution in [1.29, 1.82) is 0 Å². The third-order valence-corrected chi connectivity index (χ3v) is 4.26. The number of hydrogen-bond donors (Lipinski definition) is 1. The lowest BCUT2D eigenvalue weighted by Gasteiger charge is -2.42. The van der Waals surface area contributed by atoms with E-state index in [4.69, 9.17) is 0 Å². The van der Waals surface area contributed by atoms with E-state index < -0.39 is 0 Å². The average molecular weight is 276 g/mol. The van der Waals surface area contributed by atoms with E-state index in [9.17, 15) is 0 Å². The Morgan fingerprint density at radius 3 is 2.25 bits per heavy atom. The molecule has 1 aliphatic rings. The molecule has 4 nitrogen and oxygen atoms in total. The van der Waals surface area contributed by atoms with Gasteiger partial charge in [0.25, 0.3) is 0 Å². The zero-order valence-electron chi connectivity index (χ0n) is 13.5. The molecule has 1 saturated heterocycles. The minimum Gasteiger partial charge on any atom is -0.354 e. The Labute approximate surface area is 123 Å². The molecule has 0 radical (unpaired) electrons. The van der Waals surface area contributed by atoms with Crippen LogP contribution < -0.4 is 10.2 Å². The van der Waals surface area contributed by atoms with Crippen molar-refractivity contribution in [3.05, 3.63) is 23.9 Å². The lowest BCUT2D eigenvalue weighted by atomic mass is 10.0. The molecule has 1 fully saturated rings. The summed E-state index contributed by atoms with van der Waals surface area (Å²) in [6, 6.07) is 4.68. The Hall–Kier alpha value is -1.13. The molecule has 0 saturated carbocycles. The van der Waals surface area contributed by atoms with Gasteiger partial charge < -0.3 is 10.2 Å². The molecule has 0 aliphatic carbocycles. The summed E-state index contributed by atoms with van der Waals surface area (Å²) in [5.41, 5.74) is 1.51. The lowest BCUT2D eigenvalue weighted by Crippen LogP contribution is -2.53. The van der Waals surface area contributed by atoms with Crippen LogP contribution in [0.15, 0.2) is 18.3 Å². The van der Waals surface area contributed by atoms with Crippen LogP contribution >= 0.6 is 0 Å². The standard InChI is InChI=1S/C16H28N4/c1-13(17-5)14-6-7-15(18-12-14)19-8-10-20(11-9-19)16(2,3)4/h6-7,12-13,17H,8-11H2,1-5H3. The SMILES string of the molecule is CNC(C)c1ccc(N2CCN(C(C)(C)C)CC2)nc1. The van der Waals surface area contributed by atoms with Crippen molar-refractivity contribution < 1.29 is 0 Å². The van der Waals surface area contributed by atoms with Gasteiger partial charge >= 0.3 is 0 Å². The van der Waals surface area contributed by atoms with Crippen molar-refractivity contribution in [1.82, 2.24) is 15.2 Å². The van der Waals surface area contributed by atoms with E-state index in [0.717, 1.165) is 32.0 Å². The molecule has 1 aromatic rings. The Morgan fingerprint density at radius 2 is 1.80 bits per heavy atom. The summed E-state index contributed by atoms with van der Waals surface area (Å²) in [5, 5.41) is 3.24. The van der Waals surface area contributed by atoms with Gasteiger partial charge in [-0.2, -0.15) is 0 Å². The van der Waals surface area contributed by atoms with Gasteiger partial charge in [-0.1, -0.05) is 6.07 Å². The number of nitrogens with one attached hydrogen (secondary N) is 1. The maximum absolute atomic E-state index is 4.63. The van der Waals surface area contributed by atoms with Crippen LogP contribution in [-0.4, -0.2) is 48.6 Å². The smallest absolute Gasteiger partial charge is 0.128 e. The first-order chi connectivity index (χ1) is 9.41. The highest BCUT2D eigenvalue weighted by Crippen LogP contribution is 2.20. The lowest BCUT2D eigenvalue weighted by molar-refractivity contribution is 0.128. The fourth-order valence-corrected chi connectivity index (χ4v) is 2.61. The quantitative estimate of drug-likeness (QED) is 0.918. The third kappa shape index (κ3) is 3.49. The molecule has 1 aliphatic heterocycles. The van der Waals surface area contributed by atoms with E-state index in [-0.39, 0.29) is 5.54 Å². The second kappa shape index (κ2) is 6.10. The highest BCUT2D eigenvalue weighted by Gasteiger charge is 2.26. The minimum absolute atomic E-state index is 0.269. The van der Waals surface area contributed by atoms with Crippen molar-refractivity contribution in [2.45, 2.75) is 39.3 Å². The van der Waals surface area contributed by atoms with Crippen LogP contribution in [0.2, 0.25) is 0 Å². The zero-order valence-corrected chi connectivity index (χ0v) is 13.5. The predicted molar refractivity (Wildman–Crippen MR) is 85.3 cm³/mol. The van der Waals surface area contributed by atoms with Gasteiger partial charge in [-0.3, -0.25) is 4.90 Å². The van der Waals surface area contributed by atoms with Crippen LogP contribution in [0, 0.1) is 0 Å². The molecule has 4 heteroatoms. The molecule has 0 spiro atoms. The van der Waals surface area contributed by atoms with Crippen LogP contribution in [0.25, 0.3) is 0 Å². The van der Waals surface area contributed by atoms with Gasteiger partial charge in [0, 0.05) is 44.0 Å². The molecule has 0 amide bonds. The summed E-state index contributed by atoms with van der Waals surface area (Å²) in [7, 11) is 1.98. The fraction of sp³-hybridized carbons (Fsp3) is 0.688. The molecule has 1 N–H and O–H groups in total. The van der Waals surface area contributed by atoms with Crippen LogP contribution in [-0.2, 0) is 0 Å². The first-order valence-corrected chi connectivity index (χ1v) is 7.55. The predicted octanol–water partition coefficient (Wildman–Crippen LogP) is 2.28. The number of nitrogens with zero attached hydrogens (tertiary/aromatic N) is 3. The van der Waals surface area contributed by atoms with Gasteiger partial charge in [-0.15, -0.1) is 0 Å². The summed E-state index contributed by atoms with van der Waals surface area (Å²) in [6.45, 7) is 13.4. The molecule has 112 valence electrons. The Morgan fingerprint density at radius 1 is 1.15 bits per heavy atom. The fourth-order valence-electron chi connectivity index (χ4n) is 2.61. The molecule has 0 aromatic carbocycles. The Kier molecular flexibility index (Phi) is 4.66. The van der Waals surface area contributed by atoms with E-state index >= 15 is 0 Å². The van der Waals surface area contributed by atoms with Gasteiger partial charge in [-0.05, 0) is 46.4 Å². The van der Waals surface area contributed by atoms with Crippen molar-refractivity contribution in [3.8, 4) is 0 Å². The number of piperazine rings is 1. The maximum atomic E-state index is 4.63. The minimum atomic E-state index is 0.269. The van der Waals surface area contributed by atoms with Gasteiger partial charge in [0.1, 0.15) is 5.82 Å². The molecular weight excluding hydrogens is 248 g/mol. The van der Waals surface area contributed by atoms with Crippen molar-refractivity contribution >= 4 is 5.82 Å². The number of aromatic nitrogens is 1. The summed E-state index contributed by atoms with van der Waals surface area (Å²) in [4.78, 5) is 9.55. The highest BCUT2D eigenvalue weighted by atomic mass is 15.3. The molecular formula is C16H28N4. The Bertz CT molecular complexity index is 413. The number of rotatable bonds is 3. The summed E-state index contributed by atoms with van der Waals surface area (Å²) in [6.07, 6.45) is 1.99. The van der Waals surface area contributed by atoms with Crippen LogP contribution in [0.3, 0.4) is 0 Å². The number of anilines is 1. The van der Waals surface area contributed by atoms with E-state index in [1.165, 1.54) is 5.56 Å². The van der Waals surface area contributed by atoms with E-state index in [1.54, 1.807) is 0 Å². The number of pyridine rings is 1. The Balaban J connectivity index is 1.97. The van der Waals surface area contributed by atoms with Crippen LogP contribution in [0.5, 0.6) is 0 Å². The van der Waals surface area contributed by atoms with Crippen LogP contribution in [0.4, 0.5) is 5.82 Å². The van der Waals surface area contributed by atoms with Gasteiger partial charge in [0.05, 0.1) is 0 Å². The topological polar surface area (TPSA) is 31.4 Å². The molecule has 20 heavy (non-hydrogen) atoms. The number of hydrogen-bond acceptors (Lipinski definition) is 4. The zero-order chi connectivity index (χ0) is 14.8. The van der Waals surface area contributed by atoms with Gasteiger partial charge in [-0.25, -0.2) is 4.98 Å². The van der Waals surface area contributed by atoms with E-state index in [1.807, 2.05) is 13.2 Å². The van der Waals surface area contributed by atoms with Crippen molar-refractivity contribution in [3.63, 3.8) is 0 Å². The molecule has 1 unspecified atom stereocenters. The molecule has 2 heterocycles. The highest BCUT2D eigenvalue weighted by molar-refractivity contribution is 5.40. The molecule has 0 bridgehead atoms. The monoisotopic (exact) mass is 276 g/mol. The van der Waals surface area contributed by atoms with E-state index in [0.29, 0.717) is 6.04 Å². The normalized spacial score (nSPS) is 19.1. The van der Waals surface area contributed by atoms with Crippen molar-refractivity contribution in [2.75, 3.05) is 38.1 Å². The summed E-state index contributed by atoms with van der Waals surface area (Å²) in [5.74, 6) is 1.10.